The maximum Gasteiger partial charge on any atom is 0.348 e. The highest BCUT2D eigenvalue weighted by Gasteiger charge is 2.01. The van der Waals surface area contributed by atoms with Gasteiger partial charge < -0.3 is 0 Å². The molecule has 0 aliphatic rings. The van der Waals surface area contributed by atoms with Crippen LogP contribution in [0.5, 0.6) is 0 Å². The van der Waals surface area contributed by atoms with Gasteiger partial charge in [0.15, 0.2) is 0 Å². The molecule has 0 heterocycles. The summed E-state index contributed by atoms with van der Waals surface area (Å²) < 4.78 is 11.3. The number of rotatable bonds is 12. The summed E-state index contributed by atoms with van der Waals surface area (Å²) in [6.45, 7) is 2.23. The molecular weight excluding hydrogens is 219 g/mol. The minimum absolute atomic E-state index is 0.216. The van der Waals surface area contributed by atoms with E-state index in [9.17, 15) is 9.32 Å². The van der Waals surface area contributed by atoms with Crippen LogP contribution in [0.3, 0.4) is 0 Å². The molecule has 0 fully saturated rings. The van der Waals surface area contributed by atoms with Gasteiger partial charge in [-0.15, -0.1) is 0 Å². The molecule has 0 aromatic heterocycles. The number of hydrogen-bond donors (Lipinski definition) is 0. The van der Waals surface area contributed by atoms with E-state index in [0.717, 1.165) is 19.3 Å². The molecule has 2 nitrogen and oxygen atoms in total. The summed E-state index contributed by atoms with van der Waals surface area (Å²) in [5.41, 5.74) is 0. The highest BCUT2D eigenvalue weighted by atomic mass is 19.3. The summed E-state index contributed by atoms with van der Waals surface area (Å²) in [4.78, 5) is 13.6. The summed E-state index contributed by atoms with van der Waals surface area (Å²) in [6.07, 6.45) is 13.7. The van der Waals surface area contributed by atoms with Crippen molar-refractivity contribution in [1.29, 1.82) is 0 Å². The molecule has 0 rings (SSSR count). The Morgan fingerprint density at radius 2 is 1.24 bits per heavy atom. The first kappa shape index (κ1) is 16.4. The van der Waals surface area contributed by atoms with Gasteiger partial charge in [0.1, 0.15) is 0 Å². The van der Waals surface area contributed by atoms with Crippen molar-refractivity contribution < 1.29 is 14.3 Å². The number of hydrogen-bond acceptors (Lipinski definition) is 2. The van der Waals surface area contributed by atoms with Gasteiger partial charge in [0, 0.05) is 10.9 Å². The number of unbranched alkanes of at least 4 members (excludes halogenated alkanes) is 10. The molecular formula is C14H27FO2. The summed E-state index contributed by atoms with van der Waals surface area (Å²) in [5, 5.41) is 0. The second-order valence-electron chi connectivity index (χ2n) is 4.73. The zero-order valence-electron chi connectivity index (χ0n) is 11.2. The van der Waals surface area contributed by atoms with Crippen LogP contribution in [0.15, 0.2) is 0 Å². The number of halogens is 1. The van der Waals surface area contributed by atoms with Crippen LogP contribution in [-0.2, 0) is 9.74 Å². The second-order valence-corrected chi connectivity index (χ2v) is 4.73. The molecule has 0 amide bonds. The highest BCUT2D eigenvalue weighted by molar-refractivity contribution is 5.68. The monoisotopic (exact) mass is 246 g/mol. The van der Waals surface area contributed by atoms with Crippen LogP contribution in [0.1, 0.15) is 84.0 Å². The molecule has 0 spiro atoms. The predicted octanol–water partition coefficient (Wildman–Crippen LogP) is 5.12. The van der Waals surface area contributed by atoms with Crippen LogP contribution in [0, 0.1) is 0 Å². The maximum absolute atomic E-state index is 11.3. The Labute approximate surface area is 105 Å². The fourth-order valence-electron chi connectivity index (χ4n) is 1.97. The van der Waals surface area contributed by atoms with E-state index in [-0.39, 0.29) is 6.42 Å². The van der Waals surface area contributed by atoms with E-state index in [0.29, 0.717) is 0 Å². The Morgan fingerprint density at radius 3 is 1.65 bits per heavy atom. The lowest BCUT2D eigenvalue weighted by Gasteiger charge is -2.01. The van der Waals surface area contributed by atoms with Crippen LogP contribution in [0.2, 0.25) is 0 Å². The molecule has 0 saturated heterocycles. The van der Waals surface area contributed by atoms with Gasteiger partial charge >= 0.3 is 5.97 Å². The molecule has 0 aromatic rings. The standard InChI is InChI=1S/C14H27FO2/c1-2-3-4-5-6-7-8-9-10-11-12-13-14(16)17-15/h2-13H2,1H3. The zero-order valence-corrected chi connectivity index (χ0v) is 11.2. The predicted molar refractivity (Wildman–Crippen MR) is 68.3 cm³/mol. The topological polar surface area (TPSA) is 26.3 Å². The lowest BCUT2D eigenvalue weighted by atomic mass is 10.1. The zero-order chi connectivity index (χ0) is 12.8. The van der Waals surface area contributed by atoms with Gasteiger partial charge in [0.05, 0.1) is 0 Å². The molecule has 0 radical (unpaired) electrons. The lowest BCUT2D eigenvalue weighted by Crippen LogP contribution is -1.96. The Bertz CT molecular complexity index is 172. The Hall–Kier alpha value is -0.600. The number of carbonyl (C=O) groups is 1. The first-order chi connectivity index (χ1) is 8.31. The van der Waals surface area contributed by atoms with Crippen molar-refractivity contribution in [2.45, 2.75) is 84.0 Å². The third kappa shape index (κ3) is 13.3. The van der Waals surface area contributed by atoms with Crippen molar-refractivity contribution in [3.05, 3.63) is 0 Å². The first-order valence-electron chi connectivity index (χ1n) is 7.12. The fraction of sp³-hybridized carbons (Fsp3) is 0.929. The molecule has 3 heteroatoms. The Balaban J connectivity index is 2.96. The molecule has 17 heavy (non-hydrogen) atoms. The van der Waals surface area contributed by atoms with Gasteiger partial charge in [0.2, 0.25) is 0 Å². The smallest absolute Gasteiger partial charge is 0.255 e. The molecule has 0 aliphatic carbocycles. The average Bonchev–Trinajstić information content (AvgIpc) is 2.35. The van der Waals surface area contributed by atoms with Crippen molar-refractivity contribution in [1.82, 2.24) is 0 Å². The van der Waals surface area contributed by atoms with Crippen molar-refractivity contribution in [3.8, 4) is 0 Å². The second kappa shape index (κ2) is 13.5. The average molecular weight is 246 g/mol. The molecule has 0 aliphatic heterocycles. The van der Waals surface area contributed by atoms with E-state index < -0.39 is 5.97 Å². The molecule has 0 unspecified atom stereocenters. The van der Waals surface area contributed by atoms with E-state index in [2.05, 4.69) is 11.9 Å². The SMILES string of the molecule is CCCCCCCCCCCCCC(=O)OF. The van der Waals surface area contributed by atoms with E-state index in [4.69, 9.17) is 0 Å². The van der Waals surface area contributed by atoms with E-state index in [1.165, 1.54) is 51.4 Å². The van der Waals surface area contributed by atoms with E-state index >= 15 is 0 Å². The summed E-state index contributed by atoms with van der Waals surface area (Å²) >= 11 is 0. The molecule has 0 bridgehead atoms. The van der Waals surface area contributed by atoms with Crippen LogP contribution in [0.25, 0.3) is 0 Å². The van der Waals surface area contributed by atoms with Gasteiger partial charge in [-0.1, -0.05) is 71.1 Å². The summed E-state index contributed by atoms with van der Waals surface area (Å²) in [6, 6.07) is 0. The molecule has 0 aromatic carbocycles. The van der Waals surface area contributed by atoms with Crippen LogP contribution in [0.4, 0.5) is 4.53 Å². The Morgan fingerprint density at radius 1 is 0.824 bits per heavy atom. The van der Waals surface area contributed by atoms with Crippen molar-refractivity contribution in [2.75, 3.05) is 0 Å². The maximum atomic E-state index is 11.3. The van der Waals surface area contributed by atoms with Crippen LogP contribution in [-0.4, -0.2) is 5.97 Å². The largest absolute Gasteiger partial charge is 0.348 e. The van der Waals surface area contributed by atoms with Crippen LogP contribution < -0.4 is 0 Å². The lowest BCUT2D eigenvalue weighted by molar-refractivity contribution is -0.183. The summed E-state index contributed by atoms with van der Waals surface area (Å²) in [5.74, 6) is -0.735. The van der Waals surface area contributed by atoms with Crippen molar-refractivity contribution >= 4 is 5.97 Å². The van der Waals surface area contributed by atoms with Gasteiger partial charge in [0.25, 0.3) is 0 Å². The third-order valence-corrected chi connectivity index (χ3v) is 3.07. The molecule has 0 atom stereocenters. The third-order valence-electron chi connectivity index (χ3n) is 3.07. The minimum Gasteiger partial charge on any atom is -0.255 e. The first-order valence-corrected chi connectivity index (χ1v) is 7.12. The van der Waals surface area contributed by atoms with Gasteiger partial charge in [-0.25, -0.2) is 4.79 Å². The van der Waals surface area contributed by atoms with Crippen LogP contribution >= 0.6 is 0 Å². The van der Waals surface area contributed by atoms with Crippen molar-refractivity contribution in [2.24, 2.45) is 0 Å². The van der Waals surface area contributed by atoms with Gasteiger partial charge in [-0.2, -0.15) is 0 Å². The minimum atomic E-state index is -0.735. The molecule has 102 valence electrons. The van der Waals surface area contributed by atoms with Gasteiger partial charge in [-0.3, -0.25) is 4.94 Å². The molecule has 0 N–H and O–H groups in total. The fourth-order valence-corrected chi connectivity index (χ4v) is 1.97. The number of carbonyl (C=O) groups excluding carboxylic acids is 1. The Kier molecular flexibility index (Phi) is 13.0. The van der Waals surface area contributed by atoms with E-state index in [1.807, 2.05) is 0 Å². The normalized spacial score (nSPS) is 10.5. The van der Waals surface area contributed by atoms with Crippen molar-refractivity contribution in [3.63, 3.8) is 0 Å². The summed E-state index contributed by atoms with van der Waals surface area (Å²) in [7, 11) is 0. The van der Waals surface area contributed by atoms with E-state index in [1.54, 1.807) is 0 Å². The van der Waals surface area contributed by atoms with Gasteiger partial charge in [-0.05, 0) is 6.42 Å². The highest BCUT2D eigenvalue weighted by Crippen LogP contribution is 2.11. The molecule has 0 saturated carbocycles. The quantitative estimate of drug-likeness (QED) is 0.447.